The highest BCUT2D eigenvalue weighted by Crippen LogP contribution is 2.07. The lowest BCUT2D eigenvalue weighted by molar-refractivity contribution is -1.09. The highest BCUT2D eigenvalue weighted by atomic mass is 16.7. The quantitative estimate of drug-likeness (QED) is 0.498. The van der Waals surface area contributed by atoms with Crippen molar-refractivity contribution in [3.05, 3.63) is 0 Å². The molecule has 81 valence electrons. The van der Waals surface area contributed by atoms with Gasteiger partial charge in [0.2, 0.25) is 0 Å². The number of carboxylic acid groups (broad SMARTS) is 1. The monoisotopic (exact) mass is 202 g/mol. The summed E-state index contributed by atoms with van der Waals surface area (Å²) in [6.07, 6.45) is 0.769. The third-order valence-electron chi connectivity index (χ3n) is 2.40. The first kappa shape index (κ1) is 11.4. The molecule has 5 nitrogen and oxygen atoms in total. The number of aliphatic carboxylic acids is 1. The number of hydroxylamine groups is 3. The first-order valence-corrected chi connectivity index (χ1v) is 4.96. The number of nitrogens with zero attached hydrogens (tertiary/aromatic N) is 2. The van der Waals surface area contributed by atoms with E-state index >= 15 is 0 Å². The van der Waals surface area contributed by atoms with E-state index in [0.717, 1.165) is 26.2 Å². The molecule has 0 aromatic rings. The average molecular weight is 202 g/mol. The SMILES string of the molecule is C[N+]1(OCCCC(=O)O)CC[N]CC1. The van der Waals surface area contributed by atoms with E-state index < -0.39 is 5.97 Å². The Hall–Kier alpha value is -0.650. The molecule has 0 bridgehead atoms. The Bertz CT molecular complexity index is 190. The third-order valence-corrected chi connectivity index (χ3v) is 2.40. The molecule has 5 heteroatoms. The fourth-order valence-corrected chi connectivity index (χ4v) is 1.43. The van der Waals surface area contributed by atoms with E-state index in [-0.39, 0.29) is 6.42 Å². The molecule has 0 aliphatic carbocycles. The molecule has 1 saturated heterocycles. The van der Waals surface area contributed by atoms with Crippen LogP contribution in [0.4, 0.5) is 0 Å². The van der Waals surface area contributed by atoms with Gasteiger partial charge >= 0.3 is 5.97 Å². The zero-order valence-corrected chi connectivity index (χ0v) is 8.61. The van der Waals surface area contributed by atoms with Gasteiger partial charge in [-0.2, -0.15) is 4.65 Å². The number of piperazine rings is 1. The second kappa shape index (κ2) is 5.29. The van der Waals surface area contributed by atoms with E-state index in [1.807, 2.05) is 7.05 Å². The van der Waals surface area contributed by atoms with Gasteiger partial charge in [0.1, 0.15) is 19.7 Å². The Morgan fingerprint density at radius 3 is 2.71 bits per heavy atom. The summed E-state index contributed by atoms with van der Waals surface area (Å²) in [5.74, 6) is -0.759. The van der Waals surface area contributed by atoms with Crippen LogP contribution in [0.3, 0.4) is 0 Å². The molecule has 0 spiro atoms. The van der Waals surface area contributed by atoms with Gasteiger partial charge in [0, 0.05) is 6.42 Å². The number of likely N-dealkylation sites (N-methyl/N-ethyl adjacent to an activating group) is 1. The van der Waals surface area contributed by atoms with Gasteiger partial charge < -0.3 is 5.11 Å². The maximum atomic E-state index is 10.3. The molecule has 0 aromatic heterocycles. The molecule has 1 heterocycles. The Morgan fingerprint density at radius 2 is 2.14 bits per heavy atom. The van der Waals surface area contributed by atoms with Crippen LogP contribution in [-0.4, -0.2) is 55.6 Å². The van der Waals surface area contributed by atoms with Crippen molar-refractivity contribution in [2.45, 2.75) is 12.8 Å². The minimum atomic E-state index is -0.759. The number of hydrogen-bond acceptors (Lipinski definition) is 2. The van der Waals surface area contributed by atoms with E-state index in [2.05, 4.69) is 5.32 Å². The zero-order chi connectivity index (χ0) is 10.4. The number of carboxylic acids is 1. The van der Waals surface area contributed by atoms with Crippen LogP contribution in [-0.2, 0) is 9.63 Å². The Labute approximate surface area is 84.2 Å². The van der Waals surface area contributed by atoms with E-state index in [1.54, 1.807) is 0 Å². The second-order valence-electron chi connectivity index (χ2n) is 3.75. The van der Waals surface area contributed by atoms with Gasteiger partial charge in [-0.05, 0) is 6.42 Å². The smallest absolute Gasteiger partial charge is 0.303 e. The van der Waals surface area contributed by atoms with Crippen molar-refractivity contribution in [3.8, 4) is 0 Å². The van der Waals surface area contributed by atoms with Crippen LogP contribution >= 0.6 is 0 Å². The van der Waals surface area contributed by atoms with E-state index in [0.29, 0.717) is 17.7 Å². The normalized spacial score (nSPS) is 20.6. The Morgan fingerprint density at radius 1 is 1.50 bits per heavy atom. The maximum Gasteiger partial charge on any atom is 0.303 e. The number of rotatable bonds is 5. The van der Waals surface area contributed by atoms with Crippen LogP contribution in [0.5, 0.6) is 0 Å². The fraction of sp³-hybridized carbons (Fsp3) is 0.889. The van der Waals surface area contributed by atoms with Crippen LogP contribution in [0.1, 0.15) is 12.8 Å². The third kappa shape index (κ3) is 4.04. The zero-order valence-electron chi connectivity index (χ0n) is 8.61. The predicted molar refractivity (Wildman–Crippen MR) is 50.6 cm³/mol. The summed E-state index contributed by atoms with van der Waals surface area (Å²) in [5.41, 5.74) is 0. The number of hydrogen-bond donors (Lipinski definition) is 1. The lowest BCUT2D eigenvalue weighted by Crippen LogP contribution is -2.54. The van der Waals surface area contributed by atoms with Gasteiger partial charge in [-0.15, -0.1) is 0 Å². The topological polar surface area (TPSA) is 60.6 Å². The molecule has 14 heavy (non-hydrogen) atoms. The van der Waals surface area contributed by atoms with Gasteiger partial charge in [-0.25, -0.2) is 10.2 Å². The molecule has 0 saturated carbocycles. The highest BCUT2D eigenvalue weighted by molar-refractivity contribution is 5.66. The van der Waals surface area contributed by atoms with Crippen molar-refractivity contribution in [2.75, 3.05) is 39.8 Å². The van der Waals surface area contributed by atoms with Gasteiger partial charge in [0.05, 0.1) is 20.1 Å². The summed E-state index contributed by atoms with van der Waals surface area (Å²) in [5, 5.41) is 12.7. The van der Waals surface area contributed by atoms with Crippen LogP contribution in [0.2, 0.25) is 0 Å². The Kier molecular flexibility index (Phi) is 4.31. The summed E-state index contributed by atoms with van der Waals surface area (Å²) in [6.45, 7) is 3.99. The number of quaternary nitrogens is 1. The van der Waals surface area contributed by atoms with Crippen molar-refractivity contribution in [1.82, 2.24) is 5.32 Å². The number of carbonyl (C=O) groups is 1. The molecular formula is C9H18N2O3+. The molecule has 0 atom stereocenters. The molecular weight excluding hydrogens is 184 g/mol. The second-order valence-corrected chi connectivity index (χ2v) is 3.75. The minimum absolute atomic E-state index is 0.185. The average Bonchev–Trinajstić information content (AvgIpc) is 2.14. The van der Waals surface area contributed by atoms with E-state index in [4.69, 9.17) is 9.94 Å². The van der Waals surface area contributed by atoms with Crippen molar-refractivity contribution in [3.63, 3.8) is 0 Å². The predicted octanol–water partition coefficient (Wildman–Crippen LogP) is -0.153. The van der Waals surface area contributed by atoms with Crippen LogP contribution in [0.15, 0.2) is 0 Å². The maximum absolute atomic E-state index is 10.3. The highest BCUT2D eigenvalue weighted by Gasteiger charge is 2.26. The van der Waals surface area contributed by atoms with E-state index in [9.17, 15) is 4.79 Å². The van der Waals surface area contributed by atoms with Crippen molar-refractivity contribution in [2.24, 2.45) is 0 Å². The fourth-order valence-electron chi connectivity index (χ4n) is 1.43. The standard InChI is InChI=1S/C9H17N2O3/c1-11(6-4-10-5-7-11)14-8-2-3-9(12)13/h2-8H2,1H3/p+1. The Balaban J connectivity index is 2.12. The lowest BCUT2D eigenvalue weighted by Gasteiger charge is -2.34. The first-order valence-electron chi connectivity index (χ1n) is 4.96. The summed E-state index contributed by atoms with van der Waals surface area (Å²) < 4.78 is 0.573. The van der Waals surface area contributed by atoms with Gasteiger partial charge in [-0.1, -0.05) is 0 Å². The van der Waals surface area contributed by atoms with Gasteiger partial charge in [0.15, 0.2) is 0 Å². The molecule has 0 aromatic carbocycles. The molecule has 1 fully saturated rings. The first-order chi connectivity index (χ1) is 6.62. The molecule has 1 radical (unpaired) electrons. The molecule has 1 N–H and O–H groups in total. The molecule has 0 amide bonds. The van der Waals surface area contributed by atoms with Gasteiger partial charge in [0.25, 0.3) is 0 Å². The molecule has 1 rings (SSSR count). The van der Waals surface area contributed by atoms with Crippen LogP contribution in [0.25, 0.3) is 0 Å². The summed E-state index contributed by atoms with van der Waals surface area (Å²) in [7, 11) is 2.02. The summed E-state index contributed by atoms with van der Waals surface area (Å²) >= 11 is 0. The van der Waals surface area contributed by atoms with Gasteiger partial charge in [-0.3, -0.25) is 4.79 Å². The van der Waals surface area contributed by atoms with Crippen molar-refractivity contribution >= 4 is 5.97 Å². The van der Waals surface area contributed by atoms with Crippen molar-refractivity contribution < 1.29 is 19.4 Å². The van der Waals surface area contributed by atoms with Crippen LogP contribution < -0.4 is 5.32 Å². The molecule has 1 aliphatic heterocycles. The van der Waals surface area contributed by atoms with Crippen LogP contribution in [0, 0.1) is 0 Å². The molecule has 1 aliphatic rings. The summed E-state index contributed by atoms with van der Waals surface area (Å²) in [4.78, 5) is 15.9. The van der Waals surface area contributed by atoms with E-state index in [1.165, 1.54) is 0 Å². The minimum Gasteiger partial charge on any atom is -0.481 e. The lowest BCUT2D eigenvalue weighted by atomic mass is 10.3. The largest absolute Gasteiger partial charge is 0.481 e. The molecule has 0 unspecified atom stereocenters. The van der Waals surface area contributed by atoms with Crippen molar-refractivity contribution in [1.29, 1.82) is 0 Å². The summed E-state index contributed by atoms with van der Waals surface area (Å²) in [6, 6.07) is 0.